The van der Waals surface area contributed by atoms with Gasteiger partial charge in [-0.15, -0.1) is 0 Å². The molecule has 17 heavy (non-hydrogen) atoms. The first-order valence-electron chi connectivity index (χ1n) is 6.23. The molecule has 3 nitrogen and oxygen atoms in total. The Balaban J connectivity index is 2.14. The second-order valence-electron chi connectivity index (χ2n) is 4.96. The summed E-state index contributed by atoms with van der Waals surface area (Å²) in [5, 5.41) is 2.89. The summed E-state index contributed by atoms with van der Waals surface area (Å²) >= 11 is 0. The molecule has 0 saturated carbocycles. The van der Waals surface area contributed by atoms with Gasteiger partial charge in [0.15, 0.2) is 0 Å². The maximum atomic E-state index is 13.1. The Kier molecular flexibility index (Phi) is 3.95. The standard InChI is InChI=1S/C11H20F3N3/c1-16-6-2-4-10(16)17-7-3-5-15-8-9(17)11(12,13)14/h9-10,15H,2-8H2,1H3. The summed E-state index contributed by atoms with van der Waals surface area (Å²) in [6.45, 7) is 2.14. The van der Waals surface area contributed by atoms with E-state index in [0.29, 0.717) is 13.1 Å². The van der Waals surface area contributed by atoms with E-state index in [2.05, 4.69) is 5.32 Å². The average molecular weight is 251 g/mol. The van der Waals surface area contributed by atoms with Gasteiger partial charge in [-0.1, -0.05) is 0 Å². The predicted molar refractivity (Wildman–Crippen MR) is 59.7 cm³/mol. The van der Waals surface area contributed by atoms with E-state index < -0.39 is 12.2 Å². The quantitative estimate of drug-likeness (QED) is 0.757. The topological polar surface area (TPSA) is 18.5 Å². The Labute approximate surface area is 99.9 Å². The molecule has 0 aromatic carbocycles. The van der Waals surface area contributed by atoms with Gasteiger partial charge in [0.25, 0.3) is 0 Å². The molecule has 2 atom stereocenters. The van der Waals surface area contributed by atoms with Crippen LogP contribution in [0.4, 0.5) is 13.2 Å². The SMILES string of the molecule is CN1CCCC1N1CCCNCC1C(F)(F)F. The van der Waals surface area contributed by atoms with Gasteiger partial charge in [0.2, 0.25) is 0 Å². The highest BCUT2D eigenvalue weighted by Gasteiger charge is 2.47. The van der Waals surface area contributed by atoms with E-state index in [1.54, 1.807) is 4.90 Å². The summed E-state index contributed by atoms with van der Waals surface area (Å²) in [7, 11) is 1.92. The number of nitrogens with one attached hydrogen (secondary N) is 1. The highest BCUT2D eigenvalue weighted by atomic mass is 19.4. The first-order chi connectivity index (χ1) is 8.00. The maximum Gasteiger partial charge on any atom is 0.405 e. The van der Waals surface area contributed by atoms with Crippen molar-refractivity contribution in [2.45, 2.75) is 37.6 Å². The molecule has 0 aromatic rings. The lowest BCUT2D eigenvalue weighted by molar-refractivity contribution is -0.192. The predicted octanol–water partition coefficient (Wildman–Crippen LogP) is 1.26. The molecule has 2 aliphatic rings. The zero-order valence-electron chi connectivity index (χ0n) is 10.1. The Morgan fingerprint density at radius 2 is 1.94 bits per heavy atom. The maximum absolute atomic E-state index is 13.1. The highest BCUT2D eigenvalue weighted by Crippen LogP contribution is 2.30. The van der Waals surface area contributed by atoms with Crippen LogP contribution in [0.2, 0.25) is 0 Å². The zero-order valence-corrected chi connectivity index (χ0v) is 10.1. The summed E-state index contributed by atoms with van der Waals surface area (Å²) < 4.78 is 39.2. The molecule has 2 saturated heterocycles. The number of hydrogen-bond donors (Lipinski definition) is 1. The van der Waals surface area contributed by atoms with Gasteiger partial charge in [0.1, 0.15) is 6.04 Å². The van der Waals surface area contributed by atoms with E-state index in [4.69, 9.17) is 0 Å². The number of alkyl halides is 3. The number of halogens is 3. The third-order valence-electron chi connectivity index (χ3n) is 3.75. The molecule has 0 aromatic heterocycles. The van der Waals surface area contributed by atoms with Gasteiger partial charge in [0.05, 0.1) is 6.17 Å². The minimum Gasteiger partial charge on any atom is -0.315 e. The largest absolute Gasteiger partial charge is 0.405 e. The number of hydrogen-bond acceptors (Lipinski definition) is 3. The smallest absolute Gasteiger partial charge is 0.315 e. The fraction of sp³-hybridized carbons (Fsp3) is 1.00. The van der Waals surface area contributed by atoms with Gasteiger partial charge in [-0.2, -0.15) is 13.2 Å². The average Bonchev–Trinajstić information content (AvgIpc) is 2.52. The van der Waals surface area contributed by atoms with Crippen LogP contribution in [0.3, 0.4) is 0 Å². The van der Waals surface area contributed by atoms with Crippen molar-refractivity contribution < 1.29 is 13.2 Å². The van der Waals surface area contributed by atoms with Crippen molar-refractivity contribution in [1.82, 2.24) is 15.1 Å². The van der Waals surface area contributed by atoms with Gasteiger partial charge >= 0.3 is 6.18 Å². The van der Waals surface area contributed by atoms with E-state index >= 15 is 0 Å². The van der Waals surface area contributed by atoms with Crippen LogP contribution in [-0.4, -0.2) is 61.4 Å². The van der Waals surface area contributed by atoms with Gasteiger partial charge in [-0.25, -0.2) is 0 Å². The molecule has 1 N–H and O–H groups in total. The molecule has 100 valence electrons. The lowest BCUT2D eigenvalue weighted by Gasteiger charge is -2.38. The van der Waals surface area contributed by atoms with Crippen LogP contribution in [0.5, 0.6) is 0 Å². The molecule has 6 heteroatoms. The molecular formula is C11H20F3N3. The summed E-state index contributed by atoms with van der Waals surface area (Å²) in [6, 6.07) is -1.34. The normalized spacial score (nSPS) is 33.9. The van der Waals surface area contributed by atoms with Crippen molar-refractivity contribution >= 4 is 0 Å². The molecule has 0 amide bonds. The molecule has 0 spiro atoms. The second-order valence-corrected chi connectivity index (χ2v) is 4.96. The summed E-state index contributed by atoms with van der Waals surface area (Å²) in [4.78, 5) is 3.69. The van der Waals surface area contributed by atoms with Crippen molar-refractivity contribution in [2.24, 2.45) is 0 Å². The van der Waals surface area contributed by atoms with E-state index in [1.807, 2.05) is 11.9 Å². The molecule has 2 heterocycles. The van der Waals surface area contributed by atoms with Crippen molar-refractivity contribution in [3.63, 3.8) is 0 Å². The first-order valence-corrected chi connectivity index (χ1v) is 6.23. The van der Waals surface area contributed by atoms with Gasteiger partial charge in [-0.05, 0) is 39.4 Å². The molecular weight excluding hydrogens is 231 g/mol. The lowest BCUT2D eigenvalue weighted by atomic mass is 10.2. The minimum atomic E-state index is -4.14. The molecule has 2 aliphatic heterocycles. The fourth-order valence-corrected chi connectivity index (χ4v) is 2.87. The van der Waals surface area contributed by atoms with Crippen LogP contribution in [-0.2, 0) is 0 Å². The van der Waals surface area contributed by atoms with Crippen LogP contribution < -0.4 is 5.32 Å². The third kappa shape index (κ3) is 2.92. The van der Waals surface area contributed by atoms with E-state index in [-0.39, 0.29) is 12.7 Å². The number of likely N-dealkylation sites (tertiary alicyclic amines) is 1. The van der Waals surface area contributed by atoms with E-state index in [1.165, 1.54) is 0 Å². The summed E-state index contributed by atoms with van der Waals surface area (Å²) in [5.74, 6) is 0. The molecule has 0 bridgehead atoms. The lowest BCUT2D eigenvalue weighted by Crippen LogP contribution is -2.56. The third-order valence-corrected chi connectivity index (χ3v) is 3.75. The second kappa shape index (κ2) is 5.12. The van der Waals surface area contributed by atoms with Crippen molar-refractivity contribution in [1.29, 1.82) is 0 Å². The zero-order chi connectivity index (χ0) is 12.5. The Morgan fingerprint density at radius 1 is 1.18 bits per heavy atom. The highest BCUT2D eigenvalue weighted by molar-refractivity contribution is 4.89. The number of nitrogens with zero attached hydrogens (tertiary/aromatic N) is 2. The summed E-state index contributed by atoms with van der Waals surface area (Å²) in [6.07, 6.45) is -1.54. The van der Waals surface area contributed by atoms with Crippen LogP contribution in [0.25, 0.3) is 0 Å². The Morgan fingerprint density at radius 3 is 2.53 bits per heavy atom. The van der Waals surface area contributed by atoms with E-state index in [0.717, 1.165) is 25.8 Å². The van der Waals surface area contributed by atoms with Crippen LogP contribution in [0.15, 0.2) is 0 Å². The van der Waals surface area contributed by atoms with Gasteiger partial charge in [0, 0.05) is 13.1 Å². The van der Waals surface area contributed by atoms with Crippen LogP contribution in [0, 0.1) is 0 Å². The van der Waals surface area contributed by atoms with Gasteiger partial charge < -0.3 is 5.32 Å². The molecule has 0 radical (unpaired) electrons. The van der Waals surface area contributed by atoms with Crippen molar-refractivity contribution in [3.05, 3.63) is 0 Å². The molecule has 2 fully saturated rings. The van der Waals surface area contributed by atoms with Crippen LogP contribution >= 0.6 is 0 Å². The molecule has 0 aliphatic carbocycles. The Bertz CT molecular complexity index is 257. The van der Waals surface area contributed by atoms with E-state index in [9.17, 15) is 13.2 Å². The molecule has 2 rings (SSSR count). The minimum absolute atomic E-state index is 0.0217. The molecule has 2 unspecified atom stereocenters. The monoisotopic (exact) mass is 251 g/mol. The van der Waals surface area contributed by atoms with Crippen molar-refractivity contribution in [2.75, 3.05) is 33.2 Å². The van der Waals surface area contributed by atoms with Crippen LogP contribution in [0.1, 0.15) is 19.3 Å². The Hall–Kier alpha value is -0.330. The number of rotatable bonds is 1. The van der Waals surface area contributed by atoms with Gasteiger partial charge in [-0.3, -0.25) is 9.80 Å². The fourth-order valence-electron chi connectivity index (χ4n) is 2.87. The summed E-state index contributed by atoms with van der Waals surface area (Å²) in [5.41, 5.74) is 0. The van der Waals surface area contributed by atoms with Crippen molar-refractivity contribution in [3.8, 4) is 0 Å². The first kappa shape index (κ1) is 13.1.